The molecule has 4 aromatic rings. The van der Waals surface area contributed by atoms with Crippen LogP contribution in [0, 0.1) is 23.7 Å². The molecule has 13 heteroatoms. The van der Waals surface area contributed by atoms with Crippen LogP contribution in [0.1, 0.15) is 80.0 Å². The van der Waals surface area contributed by atoms with Crippen LogP contribution in [0.15, 0.2) is 30.6 Å². The summed E-state index contributed by atoms with van der Waals surface area (Å²) >= 11 is 1.07. The van der Waals surface area contributed by atoms with Crippen molar-refractivity contribution in [3.63, 3.8) is 0 Å². The lowest BCUT2D eigenvalue weighted by Crippen LogP contribution is -2.76. The van der Waals surface area contributed by atoms with E-state index in [1.54, 1.807) is 6.07 Å². The standard InChI is InChI=1S/C37H45F3N8OS/c1-4-5-6-30(42-3)33(49)46-36-18-35(19-36,20-36)21-48-26(16-41)13-28-23(2)24(7-8-31(28)48)17-47-11-9-25(10-12-47)45-32-29-14-27(15-37(38,39)40)50-34(29)44-22-43-32/h7-8,13-14,22,25,30,42H,4-6,9-12,15,17-21H2,1-3H3,(H,46,49)(H,43,44,45). The van der Waals surface area contributed by atoms with Crippen molar-refractivity contribution in [2.24, 2.45) is 5.41 Å². The number of thiophene rings is 1. The molecular weight excluding hydrogens is 662 g/mol. The SMILES string of the molecule is CCCCC(NC)C(=O)NC12CC(Cn3c(C#N)cc4c(C)c(CN5CCC(Nc6ncnc7sc(CC(F)(F)F)cc67)CC5)ccc43)(C1)C2. The number of anilines is 1. The predicted octanol–water partition coefficient (Wildman–Crippen LogP) is 6.82. The summed E-state index contributed by atoms with van der Waals surface area (Å²) in [7, 11) is 1.85. The van der Waals surface area contributed by atoms with Crippen LogP contribution in [0.25, 0.3) is 21.1 Å². The molecule has 1 unspecified atom stereocenters. The fraction of sp³-hybridized carbons (Fsp3) is 0.568. The minimum atomic E-state index is -4.26. The Kier molecular flexibility index (Phi) is 9.32. The molecule has 4 aliphatic rings. The van der Waals surface area contributed by atoms with Crippen molar-refractivity contribution in [1.82, 2.24) is 30.1 Å². The minimum Gasteiger partial charge on any atom is -0.367 e. The van der Waals surface area contributed by atoms with E-state index < -0.39 is 12.6 Å². The first-order chi connectivity index (χ1) is 23.9. The highest BCUT2D eigenvalue weighted by molar-refractivity contribution is 7.18. The number of nitrogens with one attached hydrogen (secondary N) is 3. The van der Waals surface area contributed by atoms with Gasteiger partial charge in [-0.15, -0.1) is 11.3 Å². The zero-order valence-electron chi connectivity index (χ0n) is 28.9. The number of likely N-dealkylation sites (tertiary alicyclic amines) is 1. The van der Waals surface area contributed by atoms with E-state index in [1.165, 1.54) is 17.5 Å². The maximum absolute atomic E-state index is 13.0. The smallest absolute Gasteiger partial charge is 0.367 e. The summed E-state index contributed by atoms with van der Waals surface area (Å²) in [4.78, 5) is 24.7. The summed E-state index contributed by atoms with van der Waals surface area (Å²) in [5.74, 6) is 0.704. The minimum absolute atomic E-state index is 0.0920. The molecule has 3 saturated carbocycles. The van der Waals surface area contributed by atoms with E-state index in [2.05, 4.69) is 67.4 Å². The van der Waals surface area contributed by atoms with Gasteiger partial charge in [-0.1, -0.05) is 25.8 Å². The van der Waals surface area contributed by atoms with Gasteiger partial charge in [0.2, 0.25) is 5.91 Å². The average Bonchev–Trinajstić information content (AvgIpc) is 3.62. The number of piperidine rings is 1. The van der Waals surface area contributed by atoms with Crippen LogP contribution >= 0.6 is 11.3 Å². The predicted molar refractivity (Wildman–Crippen MR) is 190 cm³/mol. The van der Waals surface area contributed by atoms with E-state index in [-0.39, 0.29) is 33.8 Å². The average molecular weight is 707 g/mol. The molecule has 1 aromatic carbocycles. The van der Waals surface area contributed by atoms with Crippen molar-refractivity contribution in [3.8, 4) is 6.07 Å². The maximum atomic E-state index is 13.0. The highest BCUT2D eigenvalue weighted by atomic mass is 32.1. The number of rotatable bonds is 13. The van der Waals surface area contributed by atoms with Gasteiger partial charge in [0.1, 0.15) is 28.7 Å². The molecule has 1 atom stereocenters. The van der Waals surface area contributed by atoms with Crippen LogP contribution in [0.5, 0.6) is 0 Å². The summed E-state index contributed by atoms with van der Waals surface area (Å²) in [5.41, 5.74) is 4.24. The summed E-state index contributed by atoms with van der Waals surface area (Å²) < 4.78 is 41.1. The molecule has 3 N–H and O–H groups in total. The second-order valence-corrected chi connectivity index (χ2v) is 16.0. The first-order valence-corrected chi connectivity index (χ1v) is 18.5. The molecule has 0 spiro atoms. The normalized spacial score (nSPS) is 23.0. The summed E-state index contributed by atoms with van der Waals surface area (Å²) in [6.45, 7) is 7.64. The fourth-order valence-corrected chi connectivity index (χ4v) is 9.75. The third kappa shape index (κ3) is 6.82. The number of aryl methyl sites for hydroxylation is 1. The van der Waals surface area contributed by atoms with Crippen LogP contribution in [0.3, 0.4) is 0 Å². The summed E-state index contributed by atoms with van der Waals surface area (Å²) in [6.07, 6.45) is 3.78. The number of nitriles is 1. The Morgan fingerprint density at radius 3 is 2.60 bits per heavy atom. The molecule has 4 fully saturated rings. The highest BCUT2D eigenvalue weighted by Gasteiger charge is 2.68. The Bertz CT molecular complexity index is 1920. The molecule has 3 aliphatic carbocycles. The third-order valence-corrected chi connectivity index (χ3v) is 12.2. The number of fused-ring (bicyclic) bond motifs is 2. The van der Waals surface area contributed by atoms with E-state index in [9.17, 15) is 23.2 Å². The molecule has 0 radical (unpaired) electrons. The molecule has 2 bridgehead atoms. The van der Waals surface area contributed by atoms with Gasteiger partial charge in [0.15, 0.2) is 0 Å². The quantitative estimate of drug-likeness (QED) is 0.140. The van der Waals surface area contributed by atoms with Crippen LogP contribution in [0.4, 0.5) is 19.0 Å². The number of halogens is 3. The second kappa shape index (κ2) is 13.4. The molecule has 1 saturated heterocycles. The maximum Gasteiger partial charge on any atom is 0.393 e. The Balaban J connectivity index is 0.960. The lowest BCUT2D eigenvalue weighted by Gasteiger charge is -2.71. The number of benzene rings is 1. The highest BCUT2D eigenvalue weighted by Crippen LogP contribution is 2.68. The van der Waals surface area contributed by atoms with Gasteiger partial charge in [-0.2, -0.15) is 18.4 Å². The zero-order chi connectivity index (χ0) is 35.3. The largest absolute Gasteiger partial charge is 0.393 e. The fourth-order valence-electron chi connectivity index (χ4n) is 8.73. The van der Waals surface area contributed by atoms with Crippen LogP contribution in [-0.2, 0) is 24.3 Å². The Labute approximate surface area is 294 Å². The number of hydrogen-bond donors (Lipinski definition) is 3. The Morgan fingerprint density at radius 2 is 1.92 bits per heavy atom. The number of hydrogen-bond acceptors (Lipinski definition) is 8. The lowest BCUT2D eigenvalue weighted by atomic mass is 9.39. The number of amides is 1. The number of nitrogens with zero attached hydrogens (tertiary/aromatic N) is 5. The van der Waals surface area contributed by atoms with Gasteiger partial charge in [0, 0.05) is 53.5 Å². The molecule has 4 heterocycles. The van der Waals surface area contributed by atoms with Crippen LogP contribution in [0.2, 0.25) is 0 Å². The number of unbranched alkanes of at least 4 members (excludes halogenated alkanes) is 1. The molecule has 1 amide bonds. The molecule has 8 rings (SSSR count). The second-order valence-electron chi connectivity index (χ2n) is 14.9. The Hall–Kier alpha value is -3.73. The number of likely N-dealkylation sites (N-methyl/N-ethyl adjacent to an activating group) is 1. The van der Waals surface area contributed by atoms with Crippen LogP contribution < -0.4 is 16.0 Å². The van der Waals surface area contributed by atoms with Crippen molar-refractivity contribution in [3.05, 3.63) is 52.3 Å². The first kappa shape index (κ1) is 34.7. The van der Waals surface area contributed by atoms with Gasteiger partial charge in [-0.05, 0) is 87.2 Å². The summed E-state index contributed by atoms with van der Waals surface area (Å²) in [5, 5.41) is 21.9. The molecule has 1 aliphatic heterocycles. The summed E-state index contributed by atoms with van der Waals surface area (Å²) in [6, 6.07) is 10.4. The first-order valence-electron chi connectivity index (χ1n) is 17.7. The van der Waals surface area contributed by atoms with Gasteiger partial charge in [-0.25, -0.2) is 9.97 Å². The van der Waals surface area contributed by atoms with Gasteiger partial charge in [0.25, 0.3) is 0 Å². The van der Waals surface area contributed by atoms with E-state index >= 15 is 0 Å². The molecule has 266 valence electrons. The number of carbonyl (C=O) groups is 1. The van der Waals surface area contributed by atoms with Crippen LogP contribution in [-0.4, -0.2) is 69.3 Å². The van der Waals surface area contributed by atoms with E-state index in [1.807, 2.05) is 13.1 Å². The van der Waals surface area contributed by atoms with E-state index in [0.29, 0.717) is 21.7 Å². The molecular formula is C37H45F3N8OS. The van der Waals surface area contributed by atoms with Crippen molar-refractivity contribution in [1.29, 1.82) is 5.26 Å². The van der Waals surface area contributed by atoms with Gasteiger partial charge in [-0.3, -0.25) is 9.69 Å². The Morgan fingerprint density at radius 1 is 1.16 bits per heavy atom. The molecule has 50 heavy (non-hydrogen) atoms. The molecule has 3 aromatic heterocycles. The molecule has 9 nitrogen and oxygen atoms in total. The zero-order valence-corrected chi connectivity index (χ0v) is 29.7. The van der Waals surface area contributed by atoms with Crippen molar-refractivity contribution in [2.45, 2.75) is 109 Å². The van der Waals surface area contributed by atoms with Crippen molar-refractivity contribution in [2.75, 3.05) is 25.5 Å². The van der Waals surface area contributed by atoms with E-state index in [4.69, 9.17) is 0 Å². The van der Waals surface area contributed by atoms with Gasteiger partial charge < -0.3 is 20.5 Å². The van der Waals surface area contributed by atoms with E-state index in [0.717, 1.165) is 99.8 Å². The topological polar surface area (TPSA) is 111 Å². The number of carbonyl (C=O) groups excluding carboxylic acids is 1. The number of alkyl halides is 3. The number of aromatic nitrogens is 3. The van der Waals surface area contributed by atoms with Gasteiger partial charge in [0.05, 0.1) is 17.8 Å². The lowest BCUT2D eigenvalue weighted by molar-refractivity contribution is -0.172. The monoisotopic (exact) mass is 706 g/mol. The van der Waals surface area contributed by atoms with Crippen molar-refractivity contribution < 1.29 is 18.0 Å². The van der Waals surface area contributed by atoms with Crippen molar-refractivity contribution >= 4 is 44.2 Å². The van der Waals surface area contributed by atoms with Gasteiger partial charge >= 0.3 is 6.18 Å². The third-order valence-electron chi connectivity index (χ3n) is 11.2.